The Morgan fingerprint density at radius 1 is 0.314 bits per heavy atom. The largest absolute Gasteiger partial charge is 0.456 e. The van der Waals surface area contributed by atoms with Gasteiger partial charge in [0, 0.05) is 33.4 Å². The summed E-state index contributed by atoms with van der Waals surface area (Å²) in [7, 11) is 0. The molecule has 0 unspecified atom stereocenters. The molecule has 0 N–H and O–H groups in total. The third-order valence-corrected chi connectivity index (χ3v) is 14.7. The summed E-state index contributed by atoms with van der Waals surface area (Å²) >= 11 is 0. The van der Waals surface area contributed by atoms with Gasteiger partial charge in [-0.2, -0.15) is 0 Å². The van der Waals surface area contributed by atoms with E-state index in [1.54, 1.807) is 0 Å². The lowest BCUT2D eigenvalue weighted by molar-refractivity contribution is 0.669. The molecule has 12 aromatic rings. The first-order valence-corrected chi connectivity index (χ1v) is 24.1. The molecule has 2 aliphatic rings. The lowest BCUT2D eigenvalue weighted by atomic mass is 9.64. The van der Waals surface area contributed by atoms with Gasteiger partial charge in [0.15, 0.2) is 0 Å². The molecule has 3 nitrogen and oxygen atoms in total. The summed E-state index contributed by atoms with van der Waals surface area (Å²) in [5, 5.41) is 2.15. The second-order valence-corrected chi connectivity index (χ2v) is 18.4. The third-order valence-electron chi connectivity index (χ3n) is 14.7. The second kappa shape index (κ2) is 16.0. The topological polar surface area (TPSA) is 19.6 Å². The maximum absolute atomic E-state index is 6.66. The van der Waals surface area contributed by atoms with Crippen LogP contribution in [-0.4, -0.2) is 0 Å². The van der Waals surface area contributed by atoms with E-state index in [0.717, 1.165) is 66.9 Å². The highest BCUT2D eigenvalue weighted by Gasteiger charge is 2.51. The summed E-state index contributed by atoms with van der Waals surface area (Å²) in [5.74, 6) is 0. The van der Waals surface area contributed by atoms with Crippen molar-refractivity contribution in [3.8, 4) is 44.5 Å². The number of nitrogens with zero attached hydrogens (tertiary/aromatic N) is 2. The van der Waals surface area contributed by atoms with Gasteiger partial charge in [-0.05, 0) is 140 Å². The van der Waals surface area contributed by atoms with Crippen LogP contribution in [0.15, 0.2) is 271 Å². The standard InChI is InChI=1S/C67H44N2O/c1-4-18-45(19-5-1)46-32-36-51(37-33-46)68(62-29-15-11-24-53(62)47-20-6-2-7-21-47)52-38-41-66-57(44-52)56-42-48(35-40-65(56)70-66)49-34-39-55-54-25-10-12-26-58(54)67(61(55)43-49)59-27-13-16-30-63(59)69(50-22-8-3-9-23-50)64-31-17-14-28-60(64)67/h1-44H. The van der Waals surface area contributed by atoms with E-state index in [4.69, 9.17) is 4.42 Å². The molecule has 0 amide bonds. The number of hydrogen-bond donors (Lipinski definition) is 0. The van der Waals surface area contributed by atoms with Crippen molar-refractivity contribution in [2.24, 2.45) is 0 Å². The molecule has 0 atom stereocenters. The molecule has 14 rings (SSSR count). The molecule has 0 saturated heterocycles. The van der Waals surface area contributed by atoms with Crippen LogP contribution in [0.4, 0.5) is 34.1 Å². The predicted octanol–water partition coefficient (Wildman–Crippen LogP) is 18.2. The molecule has 11 aromatic carbocycles. The summed E-state index contributed by atoms with van der Waals surface area (Å²) in [6, 6.07) is 97.2. The van der Waals surface area contributed by atoms with Gasteiger partial charge in [0.1, 0.15) is 11.2 Å². The fraction of sp³-hybridized carbons (Fsp3) is 0.0149. The van der Waals surface area contributed by atoms with Crippen LogP contribution in [0.3, 0.4) is 0 Å². The molecule has 0 radical (unpaired) electrons. The van der Waals surface area contributed by atoms with E-state index in [1.165, 1.54) is 55.9 Å². The predicted molar refractivity (Wildman–Crippen MR) is 290 cm³/mol. The van der Waals surface area contributed by atoms with E-state index in [1.807, 2.05) is 0 Å². The maximum Gasteiger partial charge on any atom is 0.135 e. The summed E-state index contributed by atoms with van der Waals surface area (Å²) in [6.07, 6.45) is 0. The van der Waals surface area contributed by atoms with Crippen LogP contribution in [0.1, 0.15) is 22.3 Å². The first kappa shape index (κ1) is 39.9. The van der Waals surface area contributed by atoms with Crippen molar-refractivity contribution in [3.63, 3.8) is 0 Å². The van der Waals surface area contributed by atoms with Crippen LogP contribution in [0.5, 0.6) is 0 Å². The number of hydrogen-bond acceptors (Lipinski definition) is 3. The molecule has 1 aromatic heterocycles. The Morgan fingerprint density at radius 2 is 0.800 bits per heavy atom. The summed E-state index contributed by atoms with van der Waals surface area (Å²) in [4.78, 5) is 4.82. The second-order valence-electron chi connectivity index (χ2n) is 18.4. The number of para-hydroxylation sites is 4. The Morgan fingerprint density at radius 3 is 1.51 bits per heavy atom. The van der Waals surface area contributed by atoms with Gasteiger partial charge in [-0.1, -0.05) is 188 Å². The van der Waals surface area contributed by atoms with E-state index < -0.39 is 5.41 Å². The first-order valence-electron chi connectivity index (χ1n) is 24.1. The van der Waals surface area contributed by atoms with Gasteiger partial charge in [-0.15, -0.1) is 0 Å². The van der Waals surface area contributed by atoms with Crippen LogP contribution in [-0.2, 0) is 5.41 Å². The molecule has 0 fully saturated rings. The van der Waals surface area contributed by atoms with Gasteiger partial charge in [0.05, 0.1) is 22.5 Å². The van der Waals surface area contributed by atoms with Crippen LogP contribution in [0, 0.1) is 0 Å². The summed E-state index contributed by atoms with van der Waals surface area (Å²) < 4.78 is 6.66. The average molecular weight is 893 g/mol. The molecule has 0 saturated carbocycles. The molecular formula is C67H44N2O. The highest BCUT2D eigenvalue weighted by Crippen LogP contribution is 2.63. The van der Waals surface area contributed by atoms with Crippen molar-refractivity contribution in [1.29, 1.82) is 0 Å². The minimum atomic E-state index is -0.541. The normalized spacial score (nSPS) is 12.9. The third kappa shape index (κ3) is 6.08. The zero-order valence-electron chi connectivity index (χ0n) is 38.2. The fourth-order valence-electron chi connectivity index (χ4n) is 11.6. The Balaban J connectivity index is 0.933. The quantitative estimate of drug-likeness (QED) is 0.159. The van der Waals surface area contributed by atoms with Gasteiger partial charge in [-0.3, -0.25) is 0 Å². The molecule has 0 bridgehead atoms. The first-order chi connectivity index (χ1) is 34.7. The van der Waals surface area contributed by atoms with Gasteiger partial charge >= 0.3 is 0 Å². The van der Waals surface area contributed by atoms with Crippen molar-refractivity contribution < 1.29 is 4.42 Å². The van der Waals surface area contributed by atoms with Crippen LogP contribution in [0.2, 0.25) is 0 Å². The molecule has 328 valence electrons. The molecule has 1 spiro atoms. The molecule has 3 heteroatoms. The number of furan rings is 1. The number of anilines is 6. The SMILES string of the molecule is c1ccc(-c2ccc(N(c3ccc4oc5ccc(-c6ccc7c(c6)C6(c8ccccc8-7)c7ccccc7N(c7ccccc7)c7ccccc76)cc5c4c3)c3ccccc3-c3ccccc3)cc2)cc1. The van der Waals surface area contributed by atoms with Crippen molar-refractivity contribution >= 4 is 56.1 Å². The fourth-order valence-corrected chi connectivity index (χ4v) is 11.6. The van der Waals surface area contributed by atoms with E-state index in [2.05, 4.69) is 277 Å². The number of fused-ring (bicyclic) bond motifs is 12. The minimum Gasteiger partial charge on any atom is -0.456 e. The number of rotatable bonds is 7. The molecular weight excluding hydrogens is 849 g/mol. The Bertz CT molecular complexity index is 3900. The average Bonchev–Trinajstić information content (AvgIpc) is 3.95. The Kier molecular flexibility index (Phi) is 9.11. The smallest absolute Gasteiger partial charge is 0.135 e. The monoisotopic (exact) mass is 892 g/mol. The molecule has 1 aliphatic heterocycles. The Hall–Kier alpha value is -9.18. The highest BCUT2D eigenvalue weighted by atomic mass is 16.3. The van der Waals surface area contributed by atoms with Crippen molar-refractivity contribution in [2.45, 2.75) is 5.41 Å². The van der Waals surface area contributed by atoms with E-state index >= 15 is 0 Å². The minimum absolute atomic E-state index is 0.541. The van der Waals surface area contributed by atoms with Gasteiger partial charge in [0.25, 0.3) is 0 Å². The lowest BCUT2D eigenvalue weighted by Gasteiger charge is -2.45. The zero-order valence-corrected chi connectivity index (χ0v) is 38.2. The summed E-state index contributed by atoms with van der Waals surface area (Å²) in [5.41, 5.74) is 22.6. The van der Waals surface area contributed by atoms with E-state index in [-0.39, 0.29) is 0 Å². The van der Waals surface area contributed by atoms with Crippen LogP contribution in [0.25, 0.3) is 66.4 Å². The van der Waals surface area contributed by atoms with Gasteiger partial charge in [-0.25, -0.2) is 0 Å². The van der Waals surface area contributed by atoms with Crippen LogP contribution >= 0.6 is 0 Å². The lowest BCUT2D eigenvalue weighted by Crippen LogP contribution is -2.36. The van der Waals surface area contributed by atoms with Gasteiger partial charge in [0.2, 0.25) is 0 Å². The van der Waals surface area contributed by atoms with Gasteiger partial charge < -0.3 is 14.2 Å². The van der Waals surface area contributed by atoms with Crippen molar-refractivity contribution in [3.05, 3.63) is 289 Å². The maximum atomic E-state index is 6.66. The number of benzene rings is 11. The Labute approximate surface area is 407 Å². The van der Waals surface area contributed by atoms with E-state index in [9.17, 15) is 0 Å². The summed E-state index contributed by atoms with van der Waals surface area (Å²) in [6.45, 7) is 0. The highest BCUT2D eigenvalue weighted by molar-refractivity contribution is 6.08. The molecule has 70 heavy (non-hydrogen) atoms. The van der Waals surface area contributed by atoms with Crippen molar-refractivity contribution in [1.82, 2.24) is 0 Å². The van der Waals surface area contributed by atoms with E-state index in [0.29, 0.717) is 0 Å². The molecule has 2 heterocycles. The zero-order chi connectivity index (χ0) is 46.2. The molecule has 1 aliphatic carbocycles. The van der Waals surface area contributed by atoms with Crippen molar-refractivity contribution in [2.75, 3.05) is 9.80 Å². The van der Waals surface area contributed by atoms with Crippen LogP contribution < -0.4 is 9.80 Å².